The van der Waals surface area contributed by atoms with Gasteiger partial charge in [-0.2, -0.15) is 13.7 Å². The van der Waals surface area contributed by atoms with Crippen LogP contribution in [0.1, 0.15) is 24.5 Å². The molecule has 0 fully saturated rings. The third kappa shape index (κ3) is 3.29. The van der Waals surface area contributed by atoms with E-state index >= 15 is 0 Å². The third-order valence-corrected chi connectivity index (χ3v) is 5.32. The highest BCUT2D eigenvalue weighted by atomic mass is 32.2. The highest BCUT2D eigenvalue weighted by Gasteiger charge is 2.22. The molecule has 2 aromatic carbocycles. The summed E-state index contributed by atoms with van der Waals surface area (Å²) >= 11 is 0. The van der Waals surface area contributed by atoms with E-state index in [9.17, 15) is 8.42 Å². The average molecular weight is 354 g/mol. The Labute approximate surface area is 147 Å². The van der Waals surface area contributed by atoms with Crippen LogP contribution in [-0.4, -0.2) is 20.0 Å². The Hall–Kier alpha value is -2.62. The van der Waals surface area contributed by atoms with E-state index in [-0.39, 0.29) is 11.5 Å². The fraction of sp³-hybridized carbons (Fsp3) is 0.211. The van der Waals surface area contributed by atoms with Crippen molar-refractivity contribution in [3.8, 4) is 17.2 Å². The minimum Gasteiger partial charge on any atom is -0.361 e. The number of aryl methyl sites for hydroxylation is 1. The monoisotopic (exact) mass is 354 g/mol. The lowest BCUT2D eigenvalue weighted by Gasteiger charge is -2.11. The highest BCUT2D eigenvalue weighted by Crippen LogP contribution is 2.35. The summed E-state index contributed by atoms with van der Waals surface area (Å²) in [6.45, 7) is 3.90. The number of rotatable bonds is 5. The number of hydrogen-bond acceptors (Lipinski definition) is 4. The maximum atomic E-state index is 12.6. The van der Waals surface area contributed by atoms with Gasteiger partial charge in [-0.05, 0) is 43.7 Å². The molecule has 0 amide bonds. The molecule has 0 aliphatic rings. The van der Waals surface area contributed by atoms with Gasteiger partial charge in [0.2, 0.25) is 0 Å². The summed E-state index contributed by atoms with van der Waals surface area (Å²) < 4.78 is 30.3. The van der Waals surface area contributed by atoms with E-state index in [0.717, 1.165) is 22.0 Å². The summed E-state index contributed by atoms with van der Waals surface area (Å²) in [5.74, 6) is 0. The molecule has 1 aromatic heterocycles. The van der Waals surface area contributed by atoms with Gasteiger partial charge >= 0.3 is 0 Å². The van der Waals surface area contributed by atoms with Gasteiger partial charge in [0, 0.05) is 28.2 Å². The predicted octanol–water partition coefficient (Wildman–Crippen LogP) is 4.13. The number of hydrogen-bond donors (Lipinski definition) is 1. The van der Waals surface area contributed by atoms with Crippen LogP contribution in [0, 0.1) is 18.3 Å². The second-order valence-corrected chi connectivity index (χ2v) is 7.43. The number of aromatic nitrogens is 1. The largest absolute Gasteiger partial charge is 0.361 e. The molecule has 128 valence electrons. The molecule has 0 unspecified atom stereocenters. The van der Waals surface area contributed by atoms with Crippen molar-refractivity contribution in [1.29, 1.82) is 5.26 Å². The molecule has 1 heterocycles. The minimum absolute atomic E-state index is 0.134. The third-order valence-electron chi connectivity index (χ3n) is 3.95. The number of nitrogens with zero attached hydrogens (tertiary/aromatic N) is 1. The minimum atomic E-state index is -3.86. The quantitative estimate of drug-likeness (QED) is 0.698. The first-order valence-corrected chi connectivity index (χ1v) is 9.39. The highest BCUT2D eigenvalue weighted by molar-refractivity contribution is 7.87. The SMILES string of the molecule is CCCOS(=O)(=O)c1ccc(C)cc1-c1c[nH]c2ccc(C#N)cc12. The Kier molecular flexibility index (Phi) is 4.62. The summed E-state index contributed by atoms with van der Waals surface area (Å²) in [5.41, 5.74) is 3.60. The molecule has 0 saturated heterocycles. The molecular weight excluding hydrogens is 336 g/mol. The normalized spacial score (nSPS) is 11.6. The number of H-pyrrole nitrogens is 1. The maximum Gasteiger partial charge on any atom is 0.297 e. The first-order chi connectivity index (χ1) is 12.0. The van der Waals surface area contributed by atoms with Gasteiger partial charge < -0.3 is 4.98 Å². The van der Waals surface area contributed by atoms with Gasteiger partial charge in [0.15, 0.2) is 0 Å². The van der Waals surface area contributed by atoms with Crippen LogP contribution in [0.4, 0.5) is 0 Å². The fourth-order valence-electron chi connectivity index (χ4n) is 2.74. The Bertz CT molecular complexity index is 1080. The molecule has 0 aliphatic heterocycles. The predicted molar refractivity (Wildman–Crippen MR) is 96.6 cm³/mol. The van der Waals surface area contributed by atoms with Gasteiger partial charge in [-0.3, -0.25) is 4.18 Å². The topological polar surface area (TPSA) is 83.0 Å². The molecule has 1 N–H and O–H groups in total. The summed E-state index contributed by atoms with van der Waals surface area (Å²) in [6.07, 6.45) is 2.37. The maximum absolute atomic E-state index is 12.6. The van der Waals surface area contributed by atoms with E-state index in [1.165, 1.54) is 0 Å². The van der Waals surface area contributed by atoms with Crippen LogP contribution in [0.2, 0.25) is 0 Å². The van der Waals surface area contributed by atoms with Crippen molar-refractivity contribution in [2.24, 2.45) is 0 Å². The van der Waals surface area contributed by atoms with Gasteiger partial charge in [-0.25, -0.2) is 0 Å². The molecule has 0 bridgehead atoms. The summed E-state index contributed by atoms with van der Waals surface area (Å²) in [4.78, 5) is 3.27. The zero-order valence-electron chi connectivity index (χ0n) is 14.0. The van der Waals surface area contributed by atoms with E-state index in [1.807, 2.05) is 26.0 Å². The standard InChI is InChI=1S/C19H18N2O3S/c1-3-8-24-25(22,23)19-7-4-13(2)9-16(19)17-12-21-18-6-5-14(11-20)10-15(17)18/h4-7,9-10,12,21H,3,8H2,1-2H3. The average Bonchev–Trinajstić information content (AvgIpc) is 3.02. The first-order valence-electron chi connectivity index (χ1n) is 7.98. The Morgan fingerprint density at radius 2 is 1.96 bits per heavy atom. The van der Waals surface area contributed by atoms with Crippen molar-refractivity contribution in [2.75, 3.05) is 6.61 Å². The van der Waals surface area contributed by atoms with Gasteiger partial charge in [0.25, 0.3) is 10.1 Å². The van der Waals surface area contributed by atoms with Crippen LogP contribution < -0.4 is 0 Å². The van der Waals surface area contributed by atoms with Crippen LogP contribution in [-0.2, 0) is 14.3 Å². The molecule has 0 aliphatic carbocycles. The van der Waals surface area contributed by atoms with Crippen LogP contribution in [0.3, 0.4) is 0 Å². The van der Waals surface area contributed by atoms with Crippen molar-refractivity contribution in [3.05, 3.63) is 53.7 Å². The molecule has 0 spiro atoms. The summed E-state index contributed by atoms with van der Waals surface area (Å²) in [7, 11) is -3.86. The molecule has 5 nitrogen and oxygen atoms in total. The lowest BCUT2D eigenvalue weighted by atomic mass is 10.0. The smallest absolute Gasteiger partial charge is 0.297 e. The molecule has 0 radical (unpaired) electrons. The van der Waals surface area contributed by atoms with Gasteiger partial charge in [0.05, 0.1) is 18.2 Å². The zero-order valence-corrected chi connectivity index (χ0v) is 14.9. The number of nitrogens with one attached hydrogen (secondary N) is 1. The number of fused-ring (bicyclic) bond motifs is 1. The lowest BCUT2D eigenvalue weighted by molar-refractivity contribution is 0.318. The first kappa shape index (κ1) is 17.2. The van der Waals surface area contributed by atoms with E-state index in [4.69, 9.17) is 9.44 Å². The molecular formula is C19H18N2O3S. The number of nitriles is 1. The second kappa shape index (κ2) is 6.71. The Morgan fingerprint density at radius 3 is 2.68 bits per heavy atom. The van der Waals surface area contributed by atoms with Gasteiger partial charge in [0.1, 0.15) is 4.90 Å². The molecule has 0 atom stereocenters. The second-order valence-electron chi connectivity index (χ2n) is 5.85. The van der Waals surface area contributed by atoms with Crippen LogP contribution in [0.15, 0.2) is 47.5 Å². The number of benzene rings is 2. The Morgan fingerprint density at radius 1 is 1.16 bits per heavy atom. The van der Waals surface area contributed by atoms with Crippen molar-refractivity contribution in [3.63, 3.8) is 0 Å². The molecule has 3 aromatic rings. The van der Waals surface area contributed by atoms with E-state index in [1.54, 1.807) is 30.5 Å². The van der Waals surface area contributed by atoms with Gasteiger partial charge in [-0.1, -0.05) is 18.6 Å². The van der Waals surface area contributed by atoms with Crippen molar-refractivity contribution >= 4 is 21.0 Å². The molecule has 6 heteroatoms. The van der Waals surface area contributed by atoms with Crippen LogP contribution in [0.25, 0.3) is 22.0 Å². The van der Waals surface area contributed by atoms with E-state index < -0.39 is 10.1 Å². The zero-order chi connectivity index (χ0) is 18.0. The van der Waals surface area contributed by atoms with E-state index in [0.29, 0.717) is 17.5 Å². The molecule has 0 saturated carbocycles. The van der Waals surface area contributed by atoms with Crippen LogP contribution in [0.5, 0.6) is 0 Å². The fourth-order valence-corrected chi connectivity index (χ4v) is 3.93. The molecule has 3 rings (SSSR count). The molecule has 25 heavy (non-hydrogen) atoms. The van der Waals surface area contributed by atoms with E-state index in [2.05, 4.69) is 11.1 Å². The summed E-state index contributed by atoms with van der Waals surface area (Å²) in [6, 6.07) is 12.6. The van der Waals surface area contributed by atoms with Crippen LogP contribution >= 0.6 is 0 Å². The lowest BCUT2D eigenvalue weighted by Crippen LogP contribution is -2.08. The van der Waals surface area contributed by atoms with Crippen molar-refractivity contribution < 1.29 is 12.6 Å². The number of aromatic amines is 1. The Balaban J connectivity index is 2.24. The van der Waals surface area contributed by atoms with Crippen molar-refractivity contribution in [1.82, 2.24) is 4.98 Å². The van der Waals surface area contributed by atoms with Crippen molar-refractivity contribution in [2.45, 2.75) is 25.2 Å². The summed E-state index contributed by atoms with van der Waals surface area (Å²) in [5, 5.41) is 9.95. The van der Waals surface area contributed by atoms with Gasteiger partial charge in [-0.15, -0.1) is 0 Å².